The molecule has 1 aromatic rings. The third kappa shape index (κ3) is 8.35. The first-order valence-electron chi connectivity index (χ1n) is 6.94. The van der Waals surface area contributed by atoms with Crippen molar-refractivity contribution in [1.29, 1.82) is 0 Å². The predicted molar refractivity (Wildman–Crippen MR) is 78.8 cm³/mol. The van der Waals surface area contributed by atoms with E-state index >= 15 is 0 Å². The predicted octanol–water partition coefficient (Wildman–Crippen LogP) is 2.86. The van der Waals surface area contributed by atoms with Crippen LogP contribution in [0.2, 0.25) is 0 Å². The van der Waals surface area contributed by atoms with Crippen molar-refractivity contribution in [2.24, 2.45) is 10.7 Å². The van der Waals surface area contributed by atoms with Crippen LogP contribution in [0.3, 0.4) is 0 Å². The number of guanidine groups is 1. The third-order valence-corrected chi connectivity index (χ3v) is 2.71. The van der Waals surface area contributed by atoms with Crippen LogP contribution in [0, 0.1) is 0 Å². The second-order valence-corrected chi connectivity index (χ2v) is 4.60. The first-order chi connectivity index (χ1) is 10.4. The number of anilines is 1. The Morgan fingerprint density at radius 2 is 1.77 bits per heavy atom. The van der Waals surface area contributed by atoms with Gasteiger partial charge in [0.05, 0.1) is 0 Å². The molecule has 0 bridgehead atoms. The number of rotatable bonds is 8. The summed E-state index contributed by atoms with van der Waals surface area (Å²) in [6, 6.07) is 5.23. The number of unbranched alkanes of at least 4 members (excludes halogenated alkanes) is 3. The molecule has 4 N–H and O–H groups in total. The molecule has 0 atom stereocenters. The SMILES string of the molecule is NC(=NCCCCCCO)Nc1ccc(OC(F)(F)F)cc1. The molecule has 0 heterocycles. The molecule has 0 saturated carbocycles. The molecule has 0 aliphatic carbocycles. The number of ether oxygens (including phenoxy) is 1. The van der Waals surface area contributed by atoms with E-state index < -0.39 is 6.36 Å². The van der Waals surface area contributed by atoms with Crippen LogP contribution in [0.4, 0.5) is 18.9 Å². The molecular weight excluding hydrogens is 299 g/mol. The summed E-state index contributed by atoms with van der Waals surface area (Å²) < 4.78 is 39.8. The summed E-state index contributed by atoms with van der Waals surface area (Å²) in [6.45, 7) is 0.751. The van der Waals surface area contributed by atoms with Gasteiger partial charge in [0.15, 0.2) is 5.96 Å². The van der Waals surface area contributed by atoms with Gasteiger partial charge in [-0.15, -0.1) is 13.2 Å². The van der Waals surface area contributed by atoms with Gasteiger partial charge in [-0.2, -0.15) is 0 Å². The second kappa shape index (κ2) is 9.14. The molecular formula is C14H20F3N3O2. The molecule has 0 aromatic heterocycles. The van der Waals surface area contributed by atoms with Gasteiger partial charge in [-0.25, -0.2) is 0 Å². The van der Waals surface area contributed by atoms with Crippen molar-refractivity contribution in [2.45, 2.75) is 32.0 Å². The van der Waals surface area contributed by atoms with Crippen LogP contribution in [-0.4, -0.2) is 30.6 Å². The second-order valence-electron chi connectivity index (χ2n) is 4.60. The Bertz CT molecular complexity index is 461. The van der Waals surface area contributed by atoms with Crippen molar-refractivity contribution in [3.8, 4) is 5.75 Å². The van der Waals surface area contributed by atoms with E-state index in [4.69, 9.17) is 10.8 Å². The van der Waals surface area contributed by atoms with Crippen LogP contribution in [0.15, 0.2) is 29.3 Å². The van der Waals surface area contributed by atoms with E-state index in [1.807, 2.05) is 0 Å². The quantitative estimate of drug-likeness (QED) is 0.391. The maximum Gasteiger partial charge on any atom is 0.573 e. The topological polar surface area (TPSA) is 79.9 Å². The number of halogens is 3. The minimum absolute atomic E-state index is 0.195. The normalized spacial score (nSPS) is 12.3. The van der Waals surface area contributed by atoms with E-state index in [0.717, 1.165) is 25.7 Å². The van der Waals surface area contributed by atoms with E-state index in [1.54, 1.807) is 0 Å². The van der Waals surface area contributed by atoms with E-state index in [-0.39, 0.29) is 18.3 Å². The summed E-state index contributed by atoms with van der Waals surface area (Å²) in [5.74, 6) is -0.0934. The number of nitrogens with zero attached hydrogens (tertiary/aromatic N) is 1. The smallest absolute Gasteiger partial charge is 0.406 e. The van der Waals surface area contributed by atoms with E-state index in [0.29, 0.717) is 12.2 Å². The lowest BCUT2D eigenvalue weighted by Crippen LogP contribution is -2.23. The number of aliphatic imine (C=N–C) groups is 1. The number of aliphatic hydroxyl groups excluding tert-OH is 1. The molecule has 0 spiro atoms. The standard InChI is InChI=1S/C14H20F3N3O2/c15-14(16,17)22-12-7-5-11(6-8-12)20-13(18)19-9-3-1-2-4-10-21/h5-8,21H,1-4,9-10H2,(H3,18,19,20). The summed E-state index contributed by atoms with van der Waals surface area (Å²) in [5, 5.41) is 11.4. The van der Waals surface area contributed by atoms with Crippen LogP contribution in [0.25, 0.3) is 0 Å². The number of hydrogen-bond donors (Lipinski definition) is 3. The Morgan fingerprint density at radius 1 is 1.14 bits per heavy atom. The van der Waals surface area contributed by atoms with E-state index in [9.17, 15) is 13.2 Å². The molecule has 0 radical (unpaired) electrons. The summed E-state index contributed by atoms with van der Waals surface area (Å²) in [5.41, 5.74) is 6.20. The number of nitrogens with one attached hydrogen (secondary N) is 1. The monoisotopic (exact) mass is 319 g/mol. The fourth-order valence-electron chi connectivity index (χ4n) is 1.70. The first-order valence-corrected chi connectivity index (χ1v) is 6.94. The maximum absolute atomic E-state index is 12.0. The van der Waals surface area contributed by atoms with Crippen molar-refractivity contribution in [3.05, 3.63) is 24.3 Å². The number of nitrogens with two attached hydrogens (primary N) is 1. The van der Waals surface area contributed by atoms with Crippen molar-refractivity contribution in [3.63, 3.8) is 0 Å². The summed E-state index contributed by atoms with van der Waals surface area (Å²) >= 11 is 0. The van der Waals surface area contributed by atoms with Gasteiger partial charge in [-0.05, 0) is 37.1 Å². The highest BCUT2D eigenvalue weighted by atomic mass is 19.4. The van der Waals surface area contributed by atoms with Crippen LogP contribution in [-0.2, 0) is 0 Å². The van der Waals surface area contributed by atoms with Gasteiger partial charge in [0, 0.05) is 18.8 Å². The Balaban J connectivity index is 2.36. The van der Waals surface area contributed by atoms with Crippen molar-refractivity contribution in [1.82, 2.24) is 0 Å². The third-order valence-electron chi connectivity index (χ3n) is 2.71. The molecule has 0 fully saturated rings. The highest BCUT2D eigenvalue weighted by Crippen LogP contribution is 2.23. The summed E-state index contributed by atoms with van der Waals surface area (Å²) in [6.07, 6.45) is -1.16. The average molecular weight is 319 g/mol. The Kier molecular flexibility index (Phi) is 7.51. The molecule has 1 aromatic carbocycles. The largest absolute Gasteiger partial charge is 0.573 e. The highest BCUT2D eigenvalue weighted by molar-refractivity contribution is 5.92. The lowest BCUT2D eigenvalue weighted by molar-refractivity contribution is -0.274. The van der Waals surface area contributed by atoms with Gasteiger partial charge in [0.1, 0.15) is 5.75 Å². The molecule has 0 aliphatic rings. The van der Waals surface area contributed by atoms with Crippen LogP contribution in [0.1, 0.15) is 25.7 Å². The molecule has 124 valence electrons. The molecule has 1 rings (SSSR count). The minimum Gasteiger partial charge on any atom is -0.406 e. The van der Waals surface area contributed by atoms with Gasteiger partial charge in [-0.3, -0.25) is 4.99 Å². The number of alkyl halides is 3. The van der Waals surface area contributed by atoms with Crippen LogP contribution in [0.5, 0.6) is 5.75 Å². The first kappa shape index (κ1) is 18.1. The van der Waals surface area contributed by atoms with Crippen LogP contribution >= 0.6 is 0 Å². The van der Waals surface area contributed by atoms with Gasteiger partial charge < -0.3 is 20.9 Å². The fraction of sp³-hybridized carbons (Fsp3) is 0.500. The van der Waals surface area contributed by atoms with Crippen LogP contribution < -0.4 is 15.8 Å². The Labute approximate surface area is 127 Å². The van der Waals surface area contributed by atoms with E-state index in [1.165, 1.54) is 24.3 Å². The molecule has 0 unspecified atom stereocenters. The molecule has 0 amide bonds. The van der Waals surface area contributed by atoms with Gasteiger partial charge in [0.25, 0.3) is 0 Å². The minimum atomic E-state index is -4.70. The molecule has 8 heteroatoms. The summed E-state index contributed by atoms with van der Waals surface area (Å²) in [4.78, 5) is 4.11. The maximum atomic E-state index is 12.0. The van der Waals surface area contributed by atoms with Crippen molar-refractivity contribution < 1.29 is 23.0 Å². The fourth-order valence-corrected chi connectivity index (χ4v) is 1.70. The lowest BCUT2D eigenvalue weighted by Gasteiger charge is -2.10. The molecule has 0 aliphatic heterocycles. The molecule has 5 nitrogen and oxygen atoms in total. The molecule has 0 saturated heterocycles. The Hall–Kier alpha value is -1.96. The van der Waals surface area contributed by atoms with E-state index in [2.05, 4.69) is 15.0 Å². The zero-order valence-corrected chi connectivity index (χ0v) is 12.1. The summed E-state index contributed by atoms with van der Waals surface area (Å²) in [7, 11) is 0. The lowest BCUT2D eigenvalue weighted by atomic mass is 10.2. The zero-order valence-electron chi connectivity index (χ0n) is 12.1. The van der Waals surface area contributed by atoms with Gasteiger partial charge in [-0.1, -0.05) is 12.8 Å². The number of aliphatic hydroxyl groups is 1. The molecule has 22 heavy (non-hydrogen) atoms. The van der Waals surface area contributed by atoms with Gasteiger partial charge >= 0.3 is 6.36 Å². The van der Waals surface area contributed by atoms with Crippen molar-refractivity contribution in [2.75, 3.05) is 18.5 Å². The Morgan fingerprint density at radius 3 is 2.36 bits per heavy atom. The van der Waals surface area contributed by atoms with Gasteiger partial charge in [0.2, 0.25) is 0 Å². The number of benzene rings is 1. The average Bonchev–Trinajstić information content (AvgIpc) is 2.43. The van der Waals surface area contributed by atoms with Crippen molar-refractivity contribution >= 4 is 11.6 Å². The number of hydrogen-bond acceptors (Lipinski definition) is 3. The highest BCUT2D eigenvalue weighted by Gasteiger charge is 2.30. The zero-order chi connectivity index (χ0) is 16.4.